The van der Waals surface area contributed by atoms with E-state index in [4.69, 9.17) is 44.3 Å². The van der Waals surface area contributed by atoms with E-state index < -0.39 is 4.92 Å². The Bertz CT molecular complexity index is 1460. The Hall–Kier alpha value is -3.79. The summed E-state index contributed by atoms with van der Waals surface area (Å²) < 4.78 is 11.5. The highest BCUT2D eigenvalue weighted by atomic mass is 35.5. The van der Waals surface area contributed by atoms with Crippen molar-refractivity contribution in [2.24, 2.45) is 17.3 Å². The van der Waals surface area contributed by atoms with E-state index in [1.807, 2.05) is 86.3 Å². The Morgan fingerprint density at radius 3 is 2.39 bits per heavy atom. The molecule has 0 radical (unpaired) electrons. The van der Waals surface area contributed by atoms with E-state index in [2.05, 4.69) is 10.3 Å². The Morgan fingerprint density at radius 1 is 1.09 bits per heavy atom. The van der Waals surface area contributed by atoms with Gasteiger partial charge in [-0.15, -0.1) is 0 Å². The molecule has 1 aliphatic rings. The number of hydrogen-bond acceptors (Lipinski definition) is 8. The van der Waals surface area contributed by atoms with Gasteiger partial charge in [-0.1, -0.05) is 85.0 Å². The van der Waals surface area contributed by atoms with Crippen molar-refractivity contribution < 1.29 is 19.2 Å². The molecule has 2 aromatic carbocycles. The maximum atomic E-state index is 12.4. The number of nitrogens with one attached hydrogen (secondary N) is 1. The molecule has 0 spiro atoms. The van der Waals surface area contributed by atoms with Crippen LogP contribution >= 0.6 is 34.8 Å². The first kappa shape index (κ1) is 34.7. The van der Waals surface area contributed by atoms with Crippen LogP contribution in [0.25, 0.3) is 0 Å². The van der Waals surface area contributed by atoms with Gasteiger partial charge in [0.2, 0.25) is 0 Å². The first-order valence-corrected chi connectivity index (χ1v) is 15.0. The van der Waals surface area contributed by atoms with Gasteiger partial charge in [-0.2, -0.15) is 0 Å². The van der Waals surface area contributed by atoms with Gasteiger partial charge in [0.15, 0.2) is 5.82 Å². The second-order valence-corrected chi connectivity index (χ2v) is 11.9. The summed E-state index contributed by atoms with van der Waals surface area (Å²) in [5.41, 5.74) is 1.61. The first-order chi connectivity index (χ1) is 20.9. The zero-order chi connectivity index (χ0) is 32.3. The normalized spacial score (nSPS) is 16.5. The van der Waals surface area contributed by atoms with Crippen molar-refractivity contribution >= 4 is 40.8 Å². The second-order valence-electron chi connectivity index (χ2n) is 10.5. The third kappa shape index (κ3) is 10.4. The number of hydrogen-bond donors (Lipinski definition) is 1. The topological polar surface area (TPSA) is 107 Å². The molecule has 1 saturated carbocycles. The number of ether oxygens (including phenoxy) is 2. The minimum absolute atomic E-state index is 0.00717. The van der Waals surface area contributed by atoms with Crippen LogP contribution in [0.3, 0.4) is 0 Å². The van der Waals surface area contributed by atoms with Gasteiger partial charge in [0, 0.05) is 26.3 Å². The largest absolute Gasteiger partial charge is 0.461 e. The Labute approximate surface area is 272 Å². The summed E-state index contributed by atoms with van der Waals surface area (Å²) in [6, 6.07) is 20.6. The summed E-state index contributed by atoms with van der Waals surface area (Å²) in [6.07, 6.45) is 4.32. The zero-order valence-corrected chi connectivity index (χ0v) is 27.1. The first-order valence-electron chi connectivity index (χ1n) is 13.8. The van der Waals surface area contributed by atoms with Gasteiger partial charge in [0.05, 0.1) is 10.8 Å². The van der Waals surface area contributed by atoms with Crippen LogP contribution in [0.1, 0.15) is 31.9 Å². The summed E-state index contributed by atoms with van der Waals surface area (Å²) in [5, 5.41) is 13.8. The lowest BCUT2D eigenvalue weighted by molar-refractivity contribution is -0.404. The molecule has 9 nitrogen and oxygen atoms in total. The molecule has 0 saturated heterocycles. The fourth-order valence-corrected chi connectivity index (χ4v) is 5.02. The highest BCUT2D eigenvalue weighted by Crippen LogP contribution is 2.60. The number of allylic oxidation sites excluding steroid dienone is 1. The lowest BCUT2D eigenvalue weighted by Gasteiger charge is -2.23. The number of halogens is 3. The van der Waals surface area contributed by atoms with Gasteiger partial charge in [-0.25, -0.2) is 4.98 Å². The quantitative estimate of drug-likeness (QED) is 0.0902. The summed E-state index contributed by atoms with van der Waals surface area (Å²) in [5.74, 6) is 1.46. The molecule has 0 aliphatic heterocycles. The molecule has 1 N–H and O–H groups in total. The van der Waals surface area contributed by atoms with Crippen molar-refractivity contribution in [2.45, 2.75) is 33.9 Å². The van der Waals surface area contributed by atoms with Crippen molar-refractivity contribution in [3.63, 3.8) is 0 Å². The lowest BCUT2D eigenvalue weighted by atomic mass is 10.1. The van der Waals surface area contributed by atoms with Gasteiger partial charge < -0.3 is 19.7 Å². The van der Waals surface area contributed by atoms with E-state index in [-0.39, 0.29) is 34.3 Å². The van der Waals surface area contributed by atoms with Crippen molar-refractivity contribution in [3.8, 4) is 11.5 Å². The number of aromatic nitrogens is 1. The van der Waals surface area contributed by atoms with Crippen LogP contribution in [0, 0.1) is 27.4 Å². The van der Waals surface area contributed by atoms with Gasteiger partial charge >= 0.3 is 5.97 Å². The average Bonchev–Trinajstić information content (AvgIpc) is 3.53. The summed E-state index contributed by atoms with van der Waals surface area (Å²) in [7, 11) is 1.65. The average molecular weight is 662 g/mol. The van der Waals surface area contributed by atoms with Crippen molar-refractivity contribution in [1.29, 1.82) is 0 Å². The summed E-state index contributed by atoms with van der Waals surface area (Å²) >= 11 is 17.2. The number of nitro groups is 1. The van der Waals surface area contributed by atoms with Crippen LogP contribution in [0.15, 0.2) is 95.5 Å². The summed E-state index contributed by atoms with van der Waals surface area (Å²) in [6.45, 7) is 7.30. The summed E-state index contributed by atoms with van der Waals surface area (Å²) in [4.78, 5) is 28.3. The molecule has 12 heteroatoms. The molecular formula is C32H35Cl3N4O5. The molecule has 44 heavy (non-hydrogen) atoms. The Balaban J connectivity index is 0.000000259. The molecule has 1 heterocycles. The van der Waals surface area contributed by atoms with Crippen molar-refractivity contribution in [2.75, 3.05) is 13.6 Å². The highest BCUT2D eigenvalue weighted by Gasteiger charge is 2.61. The van der Waals surface area contributed by atoms with E-state index >= 15 is 0 Å². The highest BCUT2D eigenvalue weighted by molar-refractivity contribution is 6.55. The molecule has 1 fully saturated rings. The molecule has 234 valence electrons. The smallest absolute Gasteiger partial charge is 0.310 e. The minimum atomic E-state index is -0.478. The maximum Gasteiger partial charge on any atom is 0.310 e. The second kappa shape index (κ2) is 16.3. The number of benzene rings is 2. The van der Waals surface area contributed by atoms with Crippen LogP contribution in [0.2, 0.25) is 5.15 Å². The van der Waals surface area contributed by atoms with Gasteiger partial charge in [-0.05, 0) is 65.8 Å². The number of para-hydroxylation sites is 1. The van der Waals surface area contributed by atoms with Crippen LogP contribution in [0.4, 0.5) is 0 Å². The number of carbonyl (C=O) groups excluding carboxylic acids is 1. The van der Waals surface area contributed by atoms with Crippen molar-refractivity contribution in [1.82, 2.24) is 15.2 Å². The molecule has 1 aromatic heterocycles. The Morgan fingerprint density at radius 2 is 1.80 bits per heavy atom. The van der Waals surface area contributed by atoms with E-state index in [9.17, 15) is 14.9 Å². The fourth-order valence-electron chi connectivity index (χ4n) is 4.63. The van der Waals surface area contributed by atoms with Crippen LogP contribution < -0.4 is 10.1 Å². The molecule has 4 rings (SSSR count). The van der Waals surface area contributed by atoms with Gasteiger partial charge in [-0.3, -0.25) is 14.9 Å². The maximum absolute atomic E-state index is 12.4. The molecule has 0 bridgehead atoms. The predicted molar refractivity (Wildman–Crippen MR) is 173 cm³/mol. The van der Waals surface area contributed by atoms with Crippen LogP contribution in [-0.2, 0) is 22.7 Å². The SMILES string of the molecule is CC1(C)C(C=C(Cl)Cl)C1C(=O)OCc1cccc(Oc2ccccc2)c1.CCN(Cc1ccc(Cl)nc1)/C(=C/[N+](=O)[O-])NC. The fraction of sp³-hybridized carbons (Fsp3) is 0.312. The lowest BCUT2D eigenvalue weighted by Crippen LogP contribution is -2.30. The van der Waals surface area contributed by atoms with E-state index in [0.717, 1.165) is 23.1 Å². The zero-order valence-electron chi connectivity index (χ0n) is 24.9. The number of pyridine rings is 1. The third-order valence-corrected chi connectivity index (χ3v) is 7.57. The number of esters is 1. The van der Waals surface area contributed by atoms with Crippen molar-refractivity contribution in [3.05, 3.63) is 122 Å². The monoisotopic (exact) mass is 660 g/mol. The molecule has 2 unspecified atom stereocenters. The molecule has 1 aliphatic carbocycles. The van der Waals surface area contributed by atoms with E-state index in [1.54, 1.807) is 25.4 Å². The van der Waals surface area contributed by atoms with E-state index in [0.29, 0.717) is 29.8 Å². The minimum Gasteiger partial charge on any atom is -0.461 e. The molecule has 3 aromatic rings. The number of rotatable bonds is 12. The molecule has 2 atom stereocenters. The van der Waals surface area contributed by atoms with Crippen LogP contribution in [-0.4, -0.2) is 34.4 Å². The Kier molecular flexibility index (Phi) is 12.9. The number of carbonyl (C=O) groups is 1. The molecular weight excluding hydrogens is 627 g/mol. The number of nitrogens with zero attached hydrogens (tertiary/aromatic N) is 3. The predicted octanol–water partition coefficient (Wildman–Crippen LogP) is 7.97. The standard InChI is InChI=1S/C21H20Cl2O3.C11H15ClN4O2/c1-21(2)17(12-18(22)23)19(21)20(24)25-13-14-7-6-10-16(11-14)26-15-8-4-3-5-9-15;1-3-15(11(13-2)8-16(17)18)7-9-4-5-10(12)14-6-9/h3-12,17,19H,13H2,1-2H3;4-6,8,13H,3,7H2,1-2H3/b;11-8+. The van der Waals surface area contributed by atoms with Crippen LogP contribution in [0.5, 0.6) is 11.5 Å². The van der Waals surface area contributed by atoms with Gasteiger partial charge in [0.25, 0.3) is 6.20 Å². The van der Waals surface area contributed by atoms with Gasteiger partial charge in [0.1, 0.15) is 27.8 Å². The van der Waals surface area contributed by atoms with E-state index in [1.165, 1.54) is 0 Å². The third-order valence-electron chi connectivity index (χ3n) is 7.10. The molecule has 0 amide bonds.